The minimum atomic E-state index is -0.950. The van der Waals surface area contributed by atoms with Crippen LogP contribution in [0.15, 0.2) is 0 Å². The summed E-state index contributed by atoms with van der Waals surface area (Å²) in [6.07, 6.45) is -0.102. The smallest absolute Gasteiger partial charge is 0.327 e. The van der Waals surface area contributed by atoms with Gasteiger partial charge in [-0.25, -0.2) is 4.57 Å². The molecule has 0 heterocycles. The second-order valence-electron chi connectivity index (χ2n) is 1.05. The molecule has 0 aliphatic rings. The number of rotatable bonds is 4. The summed E-state index contributed by atoms with van der Waals surface area (Å²) in [5, 5.41) is 7.95. The zero-order valence-corrected chi connectivity index (χ0v) is 6.99. The van der Waals surface area contributed by atoms with Crippen molar-refractivity contribution in [2.45, 2.75) is 6.42 Å². The first kappa shape index (κ1) is 12.0. The molecule has 0 aromatic rings. The fourth-order valence-electron chi connectivity index (χ4n) is 0.170. The average Bonchev–Trinajstić information content (AvgIpc) is 1.66. The van der Waals surface area contributed by atoms with Gasteiger partial charge in [0.05, 0.1) is 13.0 Å². The predicted molar refractivity (Wildman–Crippen MR) is 25.8 cm³/mol. The Labute approximate surface area is 68.8 Å². The Hall–Kier alpha value is 0.244. The molecule has 0 unspecified atom stereocenters. The van der Waals surface area contributed by atoms with Gasteiger partial charge in [0.1, 0.15) is 0 Å². The van der Waals surface area contributed by atoms with E-state index in [1.165, 1.54) is 0 Å². The molecule has 0 aromatic carbocycles. The first-order chi connectivity index (χ1) is 3.77. The van der Waals surface area contributed by atoms with E-state index in [1.54, 1.807) is 0 Å². The number of carboxylic acids is 1. The molecule has 0 aliphatic heterocycles. The Morgan fingerprint density at radius 3 is 2.56 bits per heavy atom. The van der Waals surface area contributed by atoms with Crippen LogP contribution in [-0.4, -0.2) is 17.7 Å². The normalized spacial score (nSPS) is 8.44. The van der Waals surface area contributed by atoms with Gasteiger partial charge < -0.3 is 5.11 Å². The van der Waals surface area contributed by atoms with Crippen LogP contribution in [-0.2, 0) is 35.6 Å². The van der Waals surface area contributed by atoms with Crippen molar-refractivity contribution >= 4 is 14.7 Å². The maximum atomic E-state index is 9.69. The largest absolute Gasteiger partial charge is 0.481 e. The van der Waals surface area contributed by atoms with Crippen LogP contribution in [0.25, 0.3) is 0 Å². The van der Waals surface area contributed by atoms with Gasteiger partial charge in [-0.15, -0.1) is 0 Å². The number of aliphatic carboxylic acids is 1. The molecule has 0 fully saturated rings. The number of carbonyl (C=O) groups is 1. The molecule has 4 nitrogen and oxygen atoms in total. The number of hydrogen-bond donors (Lipinski definition) is 1. The van der Waals surface area contributed by atoms with E-state index in [0.29, 0.717) is 0 Å². The Morgan fingerprint density at radius 1 is 1.67 bits per heavy atom. The third-order valence-corrected chi connectivity index (χ3v) is 0.748. The monoisotopic (exact) mass is 184 g/mol. The minimum Gasteiger partial charge on any atom is -0.481 e. The quantitative estimate of drug-likeness (QED) is 0.396. The summed E-state index contributed by atoms with van der Waals surface area (Å²) >= 11 is 0. The van der Waals surface area contributed by atoms with Crippen molar-refractivity contribution in [2.75, 3.05) is 6.61 Å². The molecule has 6 heteroatoms. The summed E-state index contributed by atoms with van der Waals surface area (Å²) in [5.74, 6) is -0.950. The molecule has 0 bridgehead atoms. The molecular formula is C3H5O4PTi. The van der Waals surface area contributed by atoms with E-state index in [1.807, 2.05) is 0 Å². The molecule has 50 valence electrons. The van der Waals surface area contributed by atoms with E-state index in [2.05, 4.69) is 4.52 Å². The molecular weight excluding hydrogens is 179 g/mol. The SMILES string of the molecule is O=POCCC(=O)O.[Ti]. The summed E-state index contributed by atoms with van der Waals surface area (Å²) in [6, 6.07) is 0. The van der Waals surface area contributed by atoms with Crippen LogP contribution < -0.4 is 0 Å². The maximum Gasteiger partial charge on any atom is 0.327 e. The summed E-state index contributed by atoms with van der Waals surface area (Å²) in [6.45, 7) is 0.000386. The van der Waals surface area contributed by atoms with Crippen molar-refractivity contribution < 1.29 is 40.7 Å². The number of carboxylic acid groups (broad SMARTS) is 1. The Morgan fingerprint density at radius 2 is 2.22 bits per heavy atom. The third kappa shape index (κ3) is 11.7. The van der Waals surface area contributed by atoms with Gasteiger partial charge in [0.2, 0.25) is 0 Å². The maximum absolute atomic E-state index is 9.69. The van der Waals surface area contributed by atoms with Crippen LogP contribution in [0.4, 0.5) is 0 Å². The van der Waals surface area contributed by atoms with Gasteiger partial charge in [-0.1, -0.05) is 0 Å². The van der Waals surface area contributed by atoms with E-state index in [9.17, 15) is 9.36 Å². The van der Waals surface area contributed by atoms with E-state index in [-0.39, 0.29) is 34.7 Å². The standard InChI is InChI=1S/C3H5O4P.Ti/c4-3(5)1-2-7-8-6;/h1-2H2,(H,4,5);. The van der Waals surface area contributed by atoms with Crippen molar-refractivity contribution in [2.24, 2.45) is 0 Å². The third-order valence-electron chi connectivity index (χ3n) is 0.460. The van der Waals surface area contributed by atoms with Crippen molar-refractivity contribution in [1.82, 2.24) is 0 Å². The second-order valence-corrected chi connectivity index (χ2v) is 1.46. The van der Waals surface area contributed by atoms with Gasteiger partial charge in [-0.05, 0) is 0 Å². The second kappa shape index (κ2) is 8.24. The summed E-state index contributed by atoms with van der Waals surface area (Å²) in [4.78, 5) is 9.69. The first-order valence-electron chi connectivity index (χ1n) is 1.94. The topological polar surface area (TPSA) is 63.6 Å². The van der Waals surface area contributed by atoms with E-state index >= 15 is 0 Å². The molecule has 1 N–H and O–H groups in total. The molecule has 0 aromatic heterocycles. The van der Waals surface area contributed by atoms with E-state index < -0.39 is 14.7 Å². The predicted octanol–water partition coefficient (Wildman–Crippen LogP) is 0.682. The van der Waals surface area contributed by atoms with Gasteiger partial charge in [0.15, 0.2) is 0 Å². The van der Waals surface area contributed by atoms with Crippen LogP contribution in [0.2, 0.25) is 0 Å². The molecule has 0 amide bonds. The van der Waals surface area contributed by atoms with Gasteiger partial charge in [0.25, 0.3) is 0 Å². The molecule has 0 aliphatic carbocycles. The molecule has 0 saturated heterocycles. The van der Waals surface area contributed by atoms with Crippen molar-refractivity contribution in [1.29, 1.82) is 0 Å². The fraction of sp³-hybridized carbons (Fsp3) is 0.667. The zero-order chi connectivity index (χ0) is 6.41. The molecule has 0 spiro atoms. The zero-order valence-electron chi connectivity index (χ0n) is 4.53. The summed E-state index contributed by atoms with van der Waals surface area (Å²) < 4.78 is 13.6. The average molecular weight is 184 g/mol. The Kier molecular flexibility index (Phi) is 11.0. The Balaban J connectivity index is 0. The molecule has 0 atom stereocenters. The Bertz CT molecular complexity index is 95.8. The van der Waals surface area contributed by atoms with Crippen LogP contribution in [0, 0.1) is 0 Å². The van der Waals surface area contributed by atoms with E-state index in [0.717, 1.165) is 0 Å². The minimum absolute atomic E-state index is 0. The molecule has 0 rings (SSSR count). The molecule has 0 radical (unpaired) electrons. The fourth-order valence-corrected chi connectivity index (χ4v) is 0.336. The molecule has 0 saturated carbocycles. The summed E-state index contributed by atoms with van der Waals surface area (Å²) in [5.41, 5.74) is 0. The van der Waals surface area contributed by atoms with Crippen LogP contribution in [0.1, 0.15) is 6.42 Å². The van der Waals surface area contributed by atoms with Crippen molar-refractivity contribution in [3.05, 3.63) is 0 Å². The molecule has 9 heavy (non-hydrogen) atoms. The number of hydrogen-bond acceptors (Lipinski definition) is 3. The van der Waals surface area contributed by atoms with E-state index in [4.69, 9.17) is 5.11 Å². The summed E-state index contributed by atoms with van der Waals surface area (Å²) in [7, 11) is -0.463. The van der Waals surface area contributed by atoms with Gasteiger partial charge >= 0.3 is 14.7 Å². The van der Waals surface area contributed by atoms with Crippen LogP contribution in [0.3, 0.4) is 0 Å². The van der Waals surface area contributed by atoms with Gasteiger partial charge in [-0.3, -0.25) is 9.32 Å². The van der Waals surface area contributed by atoms with Gasteiger partial charge in [0, 0.05) is 21.7 Å². The first-order valence-corrected chi connectivity index (χ1v) is 2.67. The van der Waals surface area contributed by atoms with Crippen molar-refractivity contribution in [3.8, 4) is 0 Å². The van der Waals surface area contributed by atoms with Crippen LogP contribution >= 0.6 is 8.69 Å². The van der Waals surface area contributed by atoms with Gasteiger partial charge in [-0.2, -0.15) is 0 Å². The van der Waals surface area contributed by atoms with Crippen molar-refractivity contribution in [3.63, 3.8) is 0 Å². The van der Waals surface area contributed by atoms with Crippen LogP contribution in [0.5, 0.6) is 0 Å².